The van der Waals surface area contributed by atoms with Crippen molar-refractivity contribution in [2.45, 2.75) is 0 Å². The van der Waals surface area contributed by atoms with Crippen LogP contribution in [0, 0.1) is 0 Å². The van der Waals surface area contributed by atoms with E-state index < -0.39 is 4.87 Å². The maximum atomic E-state index is 8.92. The Morgan fingerprint density at radius 2 is 2.00 bits per heavy atom. The minimum absolute atomic E-state index is 1.02. The van der Waals surface area contributed by atoms with E-state index in [4.69, 9.17) is 9.90 Å². The zero-order valence-electron chi connectivity index (χ0n) is 1.73. The van der Waals surface area contributed by atoms with Crippen molar-refractivity contribution >= 4 is 4.87 Å². The molecule has 0 radical (unpaired) electrons. The molecule has 1 N–H and O–H groups in total. The molecule has 0 saturated heterocycles. The second kappa shape index (κ2) is 1.32. The average Bonchev–Trinajstić information content (AvgIpc) is 0.811. The summed E-state index contributed by atoms with van der Waals surface area (Å²) in [4.78, 5) is 7.90. The van der Waals surface area contributed by atoms with Crippen molar-refractivity contribution in [1.82, 2.24) is 0 Å². The van der Waals surface area contributed by atoms with E-state index in [1.807, 2.05) is 0 Å². The first-order chi connectivity index (χ1) is 1.73. The van der Waals surface area contributed by atoms with Gasteiger partial charge in [-0.15, -0.1) is 0 Å². The Hall–Kier alpha value is -0.0105. The van der Waals surface area contributed by atoms with Gasteiger partial charge in [0.1, 0.15) is 0 Å². The zero-order valence-corrected chi connectivity index (χ0v) is 2.91. The topological polar surface area (TPSA) is 37.3 Å². The van der Waals surface area contributed by atoms with Crippen molar-refractivity contribution in [1.29, 1.82) is 0 Å². The molecule has 0 aliphatic heterocycles. The summed E-state index contributed by atoms with van der Waals surface area (Å²) in [5, 5.41) is 7.33. The normalized spacial score (nSPS) is 6.25. The molecular formula is CHMnO2. The molecule has 0 aromatic heterocycles. The molecule has 0 rings (SSSR count). The fourth-order valence-electron chi connectivity index (χ4n) is 0. The van der Waals surface area contributed by atoms with Crippen LogP contribution in [0.1, 0.15) is 0 Å². The van der Waals surface area contributed by atoms with Crippen molar-refractivity contribution in [2.24, 2.45) is 0 Å². The molecule has 3 heteroatoms. The summed E-state index contributed by atoms with van der Waals surface area (Å²) in [6.45, 7) is 0. The molecule has 0 bridgehead atoms. The van der Waals surface area contributed by atoms with Gasteiger partial charge in [0, 0.05) is 0 Å². The first-order valence-electron chi connectivity index (χ1n) is 0.617. The molecule has 0 aromatic rings. The van der Waals surface area contributed by atoms with Crippen LogP contribution in [0.3, 0.4) is 0 Å². The summed E-state index contributed by atoms with van der Waals surface area (Å²) in [6.07, 6.45) is 0. The number of carbonyl (C=O) groups is 1. The maximum absolute atomic E-state index is 8.92. The molecule has 0 aliphatic rings. The van der Waals surface area contributed by atoms with Crippen molar-refractivity contribution in [3.63, 3.8) is 0 Å². The Bertz CT molecular complexity index is 29.0. The van der Waals surface area contributed by atoms with Crippen LogP contribution < -0.4 is 0 Å². The van der Waals surface area contributed by atoms with E-state index in [1.54, 1.807) is 0 Å². The fourth-order valence-corrected chi connectivity index (χ4v) is 0. The number of hydrogen-bond acceptors (Lipinski definition) is 1. The predicted octanol–water partition coefficient (Wildman–Crippen LogP) is 0.211. The van der Waals surface area contributed by atoms with Crippen molar-refractivity contribution in [3.05, 3.63) is 0 Å². The number of carboxylic acid groups (broad SMARTS) is 1. The molecular weight excluding hydrogens is 98.9 g/mol. The molecule has 0 amide bonds. The Balaban J connectivity index is 2.80. The number of hydrogen-bond donors (Lipinski definition) is 1. The molecule has 0 spiro atoms. The quantitative estimate of drug-likeness (QED) is 0.442. The third kappa shape index (κ3) is 17600. The van der Waals surface area contributed by atoms with Crippen LogP contribution in [0.5, 0.6) is 0 Å². The van der Waals surface area contributed by atoms with Crippen LogP contribution in [0.4, 0.5) is 4.79 Å². The van der Waals surface area contributed by atoms with Crippen LogP contribution >= 0.6 is 0 Å². The van der Waals surface area contributed by atoms with Gasteiger partial charge in [-0.1, -0.05) is 0 Å². The van der Waals surface area contributed by atoms with Gasteiger partial charge in [0.2, 0.25) is 0 Å². The van der Waals surface area contributed by atoms with E-state index in [-0.39, 0.29) is 0 Å². The van der Waals surface area contributed by atoms with Gasteiger partial charge < -0.3 is 0 Å². The third-order valence-electron chi connectivity index (χ3n) is 0. The Kier molecular flexibility index (Phi) is 1.32. The minimum atomic E-state index is -1.02. The SMILES string of the molecule is O=[C](O)[Mn]. The number of rotatable bonds is 0. The van der Waals surface area contributed by atoms with E-state index in [1.165, 1.54) is 0 Å². The molecule has 4 heavy (non-hydrogen) atoms. The second-order valence-corrected chi connectivity index (χ2v) is 0.758. The zero-order chi connectivity index (χ0) is 3.58. The Labute approximate surface area is 31.6 Å². The van der Waals surface area contributed by atoms with Crippen LogP contribution in [0.25, 0.3) is 0 Å². The Morgan fingerprint density at radius 1 is 2.00 bits per heavy atom. The third-order valence-corrected chi connectivity index (χ3v) is 0. The Morgan fingerprint density at radius 3 is 2.00 bits per heavy atom. The van der Waals surface area contributed by atoms with Crippen molar-refractivity contribution in [2.75, 3.05) is 0 Å². The van der Waals surface area contributed by atoms with Crippen molar-refractivity contribution < 1.29 is 25.9 Å². The van der Waals surface area contributed by atoms with E-state index in [9.17, 15) is 0 Å². The molecule has 0 aliphatic carbocycles. The second-order valence-electron chi connectivity index (χ2n) is 0.253. The van der Waals surface area contributed by atoms with E-state index in [0.29, 0.717) is 0 Å². The van der Waals surface area contributed by atoms with Gasteiger partial charge in [-0.05, 0) is 0 Å². The first kappa shape index (κ1) is 3.99. The van der Waals surface area contributed by atoms with E-state index in [0.717, 1.165) is 0 Å². The van der Waals surface area contributed by atoms with Gasteiger partial charge in [0.05, 0.1) is 0 Å². The summed E-state index contributed by atoms with van der Waals surface area (Å²) < 4.78 is 0. The van der Waals surface area contributed by atoms with E-state index in [2.05, 4.69) is 16.0 Å². The van der Waals surface area contributed by atoms with Gasteiger partial charge in [0.25, 0.3) is 0 Å². The summed E-state index contributed by atoms with van der Waals surface area (Å²) in [7, 11) is 0. The monoisotopic (exact) mass is 99.9 g/mol. The van der Waals surface area contributed by atoms with Gasteiger partial charge in [-0.3, -0.25) is 0 Å². The summed E-state index contributed by atoms with van der Waals surface area (Å²) in [6, 6.07) is 0. The van der Waals surface area contributed by atoms with Gasteiger partial charge in [-0.2, -0.15) is 0 Å². The standard InChI is InChI=1S/CHO2.Mn/c2-1-3;/h(H,2,3);. The molecule has 24 valence electrons. The van der Waals surface area contributed by atoms with Gasteiger partial charge in [-0.25, -0.2) is 0 Å². The molecule has 0 unspecified atom stereocenters. The average molecular weight is 100.0 g/mol. The van der Waals surface area contributed by atoms with Gasteiger partial charge >= 0.3 is 30.8 Å². The molecule has 0 fully saturated rings. The van der Waals surface area contributed by atoms with E-state index >= 15 is 0 Å². The molecule has 0 aromatic carbocycles. The first-order valence-corrected chi connectivity index (χ1v) is 1.21. The summed E-state index contributed by atoms with van der Waals surface area (Å²) >= 11 is 2.19. The molecule has 0 saturated carbocycles. The molecule has 0 atom stereocenters. The van der Waals surface area contributed by atoms with Crippen LogP contribution in [0.2, 0.25) is 0 Å². The molecule has 2 nitrogen and oxygen atoms in total. The summed E-state index contributed by atoms with van der Waals surface area (Å²) in [5.41, 5.74) is 0. The molecule has 0 heterocycles. The van der Waals surface area contributed by atoms with Crippen LogP contribution in [-0.4, -0.2) is 9.97 Å². The predicted molar refractivity (Wildman–Crippen MR) is 8.02 cm³/mol. The summed E-state index contributed by atoms with van der Waals surface area (Å²) in [5.74, 6) is 0. The van der Waals surface area contributed by atoms with Gasteiger partial charge in [0.15, 0.2) is 0 Å². The fraction of sp³-hybridized carbons (Fsp3) is 0. The van der Waals surface area contributed by atoms with Crippen molar-refractivity contribution in [3.8, 4) is 0 Å². The van der Waals surface area contributed by atoms with Crippen LogP contribution in [-0.2, 0) is 16.0 Å². The van der Waals surface area contributed by atoms with Crippen LogP contribution in [0.15, 0.2) is 0 Å².